The Morgan fingerprint density at radius 2 is 1.41 bits per heavy atom. The molecule has 1 heterocycles. The lowest BCUT2D eigenvalue weighted by molar-refractivity contribution is 0.590. The average molecular weight is 359 g/mol. The van der Waals surface area contributed by atoms with Crippen LogP contribution in [-0.2, 0) is 5.41 Å². The molecule has 3 aromatic rings. The summed E-state index contributed by atoms with van der Waals surface area (Å²) in [6.45, 7) is 15.3. The van der Waals surface area contributed by atoms with Gasteiger partial charge in [-0.15, -0.1) is 0 Å². The fourth-order valence-corrected chi connectivity index (χ4v) is 3.59. The molecule has 2 aromatic carbocycles. The van der Waals surface area contributed by atoms with Gasteiger partial charge in [0.2, 0.25) is 0 Å². The number of aromatic nitrogens is 1. The van der Waals surface area contributed by atoms with Crippen LogP contribution in [0.4, 0.5) is 5.69 Å². The highest BCUT2D eigenvalue weighted by Crippen LogP contribution is 2.25. The second kappa shape index (κ2) is 7.19. The van der Waals surface area contributed by atoms with Crippen LogP contribution in [0.25, 0.3) is 5.69 Å². The molecular weight excluding hydrogens is 328 g/mol. The summed E-state index contributed by atoms with van der Waals surface area (Å²) in [7, 11) is 0. The third-order valence-electron chi connectivity index (χ3n) is 5.02. The van der Waals surface area contributed by atoms with Crippen LogP contribution < -0.4 is 0 Å². The van der Waals surface area contributed by atoms with E-state index in [1.54, 1.807) is 0 Å². The van der Waals surface area contributed by atoms with E-state index in [2.05, 4.69) is 102 Å². The van der Waals surface area contributed by atoms with E-state index in [9.17, 15) is 0 Å². The van der Waals surface area contributed by atoms with Crippen LogP contribution in [0.2, 0.25) is 0 Å². The van der Waals surface area contributed by atoms with E-state index in [-0.39, 0.29) is 5.41 Å². The Balaban J connectivity index is 1.91. The number of aryl methyl sites for hydroxylation is 3. The number of hydrogen-bond acceptors (Lipinski definition) is 1. The highest BCUT2D eigenvalue weighted by atomic mass is 15.0. The lowest BCUT2D eigenvalue weighted by atomic mass is 9.87. The molecule has 2 nitrogen and oxygen atoms in total. The van der Waals surface area contributed by atoms with Gasteiger partial charge in [-0.3, -0.25) is 4.99 Å². The van der Waals surface area contributed by atoms with Crippen LogP contribution in [0.5, 0.6) is 0 Å². The molecule has 0 aliphatic rings. The summed E-state index contributed by atoms with van der Waals surface area (Å²) >= 11 is 0. The summed E-state index contributed by atoms with van der Waals surface area (Å²) in [5.41, 5.74) is 9.86. The minimum atomic E-state index is 0.166. The van der Waals surface area contributed by atoms with Crippen molar-refractivity contribution in [3.63, 3.8) is 0 Å². The summed E-state index contributed by atoms with van der Waals surface area (Å²) in [4.78, 5) is 4.71. The molecule has 0 radical (unpaired) electrons. The lowest BCUT2D eigenvalue weighted by Gasteiger charge is -2.18. The van der Waals surface area contributed by atoms with Crippen LogP contribution in [-0.4, -0.2) is 10.8 Å². The molecule has 0 saturated heterocycles. The number of hydrogen-bond donors (Lipinski definition) is 0. The van der Waals surface area contributed by atoms with Crippen molar-refractivity contribution < 1.29 is 0 Å². The van der Waals surface area contributed by atoms with Crippen LogP contribution in [0, 0.1) is 27.7 Å². The maximum absolute atomic E-state index is 4.71. The van der Waals surface area contributed by atoms with Gasteiger partial charge in [-0.25, -0.2) is 0 Å². The standard InChI is InChI=1S/C25H30N2/c1-17-12-18(2)14-24(13-17)27-19(3)15-21(20(27)4)16-26-23-10-8-22(9-11-23)25(5,6)7/h8-16H,1-7H3. The fraction of sp³-hybridized carbons (Fsp3) is 0.320. The molecule has 0 fully saturated rings. The summed E-state index contributed by atoms with van der Waals surface area (Å²) in [6.07, 6.45) is 1.98. The van der Waals surface area contributed by atoms with E-state index in [1.807, 2.05) is 6.21 Å². The second-order valence-electron chi connectivity index (χ2n) is 8.56. The maximum Gasteiger partial charge on any atom is 0.0630 e. The van der Waals surface area contributed by atoms with Crippen molar-refractivity contribution in [2.75, 3.05) is 0 Å². The van der Waals surface area contributed by atoms with Crippen LogP contribution >= 0.6 is 0 Å². The predicted molar refractivity (Wildman–Crippen MR) is 117 cm³/mol. The average Bonchev–Trinajstić information content (AvgIpc) is 2.85. The first-order valence-electron chi connectivity index (χ1n) is 9.57. The fourth-order valence-electron chi connectivity index (χ4n) is 3.59. The monoisotopic (exact) mass is 358 g/mol. The second-order valence-corrected chi connectivity index (χ2v) is 8.56. The first-order chi connectivity index (χ1) is 12.6. The third-order valence-corrected chi connectivity index (χ3v) is 5.02. The van der Waals surface area contributed by atoms with E-state index < -0.39 is 0 Å². The van der Waals surface area contributed by atoms with Crippen molar-refractivity contribution in [1.82, 2.24) is 4.57 Å². The first kappa shape index (κ1) is 19.2. The van der Waals surface area contributed by atoms with Gasteiger partial charge in [0.05, 0.1) is 5.69 Å². The van der Waals surface area contributed by atoms with E-state index in [0.29, 0.717) is 0 Å². The molecule has 1 aromatic heterocycles. The van der Waals surface area contributed by atoms with Crippen molar-refractivity contribution in [3.8, 4) is 5.69 Å². The molecule has 0 amide bonds. The SMILES string of the molecule is Cc1cc(C)cc(-n2c(C)cc(C=Nc3ccc(C(C)(C)C)cc3)c2C)c1. The number of rotatable bonds is 3. The van der Waals surface area contributed by atoms with Gasteiger partial charge in [0.15, 0.2) is 0 Å². The van der Waals surface area contributed by atoms with E-state index in [0.717, 1.165) is 11.3 Å². The maximum atomic E-state index is 4.71. The van der Waals surface area contributed by atoms with Gasteiger partial charge in [-0.2, -0.15) is 0 Å². The molecule has 0 bridgehead atoms. The Kier molecular flexibility index (Phi) is 5.10. The normalized spacial score (nSPS) is 12.1. The largest absolute Gasteiger partial charge is 0.318 e. The molecule has 0 aliphatic carbocycles. The van der Waals surface area contributed by atoms with Gasteiger partial charge >= 0.3 is 0 Å². The Labute approximate surface area is 163 Å². The topological polar surface area (TPSA) is 17.3 Å². The minimum absolute atomic E-state index is 0.166. The molecule has 140 valence electrons. The number of aliphatic imine (C=N–C) groups is 1. The predicted octanol–water partition coefficient (Wildman–Crippen LogP) is 6.76. The number of benzene rings is 2. The molecule has 0 aliphatic heterocycles. The highest BCUT2D eigenvalue weighted by Gasteiger charge is 2.13. The summed E-state index contributed by atoms with van der Waals surface area (Å²) < 4.78 is 2.31. The smallest absolute Gasteiger partial charge is 0.0630 e. The minimum Gasteiger partial charge on any atom is -0.318 e. The van der Waals surface area contributed by atoms with Crippen molar-refractivity contribution in [1.29, 1.82) is 0 Å². The molecule has 0 unspecified atom stereocenters. The zero-order chi connectivity index (χ0) is 19.8. The quantitative estimate of drug-likeness (QED) is 0.460. The summed E-state index contributed by atoms with van der Waals surface area (Å²) in [5.74, 6) is 0. The van der Waals surface area contributed by atoms with Gasteiger partial charge < -0.3 is 4.57 Å². The Morgan fingerprint density at radius 1 is 0.815 bits per heavy atom. The zero-order valence-corrected chi connectivity index (χ0v) is 17.6. The van der Waals surface area contributed by atoms with Gasteiger partial charge in [-0.1, -0.05) is 39.0 Å². The lowest BCUT2D eigenvalue weighted by Crippen LogP contribution is -2.10. The van der Waals surface area contributed by atoms with Gasteiger partial charge in [0.1, 0.15) is 0 Å². The van der Waals surface area contributed by atoms with Crippen LogP contribution in [0.3, 0.4) is 0 Å². The summed E-state index contributed by atoms with van der Waals surface area (Å²) in [5, 5.41) is 0. The van der Waals surface area contributed by atoms with Gasteiger partial charge in [0.25, 0.3) is 0 Å². The van der Waals surface area contributed by atoms with Crippen molar-refractivity contribution >= 4 is 11.9 Å². The Morgan fingerprint density at radius 3 is 1.96 bits per heavy atom. The van der Waals surface area contributed by atoms with Crippen molar-refractivity contribution in [2.24, 2.45) is 4.99 Å². The molecular formula is C25H30N2. The van der Waals surface area contributed by atoms with Crippen LogP contribution in [0.1, 0.15) is 54.4 Å². The number of nitrogens with zero attached hydrogens (tertiary/aromatic N) is 2. The van der Waals surface area contributed by atoms with Gasteiger partial charge in [0, 0.05) is 28.9 Å². The van der Waals surface area contributed by atoms with Crippen molar-refractivity contribution in [3.05, 3.63) is 82.2 Å². The Bertz CT molecular complexity index is 960. The molecule has 0 atom stereocenters. The Hall–Kier alpha value is -2.61. The zero-order valence-electron chi connectivity index (χ0n) is 17.6. The van der Waals surface area contributed by atoms with E-state index in [1.165, 1.54) is 33.8 Å². The molecule has 2 heteroatoms. The van der Waals surface area contributed by atoms with Crippen molar-refractivity contribution in [2.45, 2.75) is 53.9 Å². The summed E-state index contributed by atoms with van der Waals surface area (Å²) in [6, 6.07) is 17.4. The van der Waals surface area contributed by atoms with Crippen LogP contribution in [0.15, 0.2) is 53.5 Å². The van der Waals surface area contributed by atoms with Gasteiger partial charge in [-0.05, 0) is 80.1 Å². The first-order valence-corrected chi connectivity index (χ1v) is 9.57. The molecule has 27 heavy (non-hydrogen) atoms. The highest BCUT2D eigenvalue weighted by molar-refractivity contribution is 5.84. The van der Waals surface area contributed by atoms with E-state index in [4.69, 9.17) is 4.99 Å². The third kappa shape index (κ3) is 4.21. The van der Waals surface area contributed by atoms with E-state index >= 15 is 0 Å². The molecule has 0 saturated carbocycles. The molecule has 0 N–H and O–H groups in total. The molecule has 0 spiro atoms. The molecule has 3 rings (SSSR count).